The fourth-order valence-corrected chi connectivity index (χ4v) is 6.54. The number of halogens is 1. The van der Waals surface area contributed by atoms with Gasteiger partial charge in [0, 0.05) is 18.1 Å². The van der Waals surface area contributed by atoms with Gasteiger partial charge in [0.25, 0.3) is 16.1 Å². The summed E-state index contributed by atoms with van der Waals surface area (Å²) in [5.74, 6) is -1.31. The first kappa shape index (κ1) is 24.8. The van der Waals surface area contributed by atoms with Crippen LogP contribution in [0.5, 0.6) is 0 Å². The molecule has 10 nitrogen and oxygen atoms in total. The summed E-state index contributed by atoms with van der Waals surface area (Å²) in [5.41, 5.74) is 2.16. The van der Waals surface area contributed by atoms with E-state index >= 15 is 0 Å². The van der Waals surface area contributed by atoms with Crippen molar-refractivity contribution in [2.45, 2.75) is 45.1 Å². The molecular formula is C19H26ClN5O5S2. The van der Waals surface area contributed by atoms with Gasteiger partial charge < -0.3 is 5.32 Å². The number of thiazole rings is 1. The van der Waals surface area contributed by atoms with E-state index in [1.54, 1.807) is 18.2 Å². The zero-order chi connectivity index (χ0) is 23.3. The van der Waals surface area contributed by atoms with Gasteiger partial charge >= 0.3 is 0 Å². The third-order valence-electron chi connectivity index (χ3n) is 5.17. The van der Waals surface area contributed by atoms with Crippen molar-refractivity contribution >= 4 is 60.3 Å². The number of fused-ring (bicyclic) bond motifs is 1. The highest BCUT2D eigenvalue weighted by atomic mass is 35.5. The predicted molar refractivity (Wildman–Crippen MR) is 123 cm³/mol. The lowest BCUT2D eigenvalue weighted by Crippen LogP contribution is -2.52. The third kappa shape index (κ3) is 5.74. The minimum atomic E-state index is -4.10. The van der Waals surface area contributed by atoms with E-state index < -0.39 is 34.6 Å². The predicted octanol–water partition coefficient (Wildman–Crippen LogP) is 2.60. The Morgan fingerprint density at radius 1 is 1.38 bits per heavy atom. The number of unbranched alkanes of at least 4 members (excludes halogenated alkanes) is 2. The number of nitrogens with one attached hydrogen (secondary N) is 2. The average Bonchev–Trinajstić information content (AvgIpc) is 3.39. The molecule has 32 heavy (non-hydrogen) atoms. The van der Waals surface area contributed by atoms with Crippen molar-refractivity contribution in [1.82, 2.24) is 19.1 Å². The lowest BCUT2D eigenvalue weighted by atomic mass is 10.2. The molecule has 1 atom stereocenters. The van der Waals surface area contributed by atoms with Crippen LogP contribution in [-0.4, -0.2) is 64.7 Å². The molecule has 0 bridgehead atoms. The molecule has 1 aliphatic rings. The normalized spacial score (nSPS) is 17.2. The van der Waals surface area contributed by atoms with Gasteiger partial charge in [-0.1, -0.05) is 42.7 Å². The summed E-state index contributed by atoms with van der Waals surface area (Å²) in [6.45, 7) is 1.75. The number of hydrogen-bond acceptors (Lipinski definition) is 7. The van der Waals surface area contributed by atoms with Gasteiger partial charge in [-0.15, -0.1) is 0 Å². The van der Waals surface area contributed by atoms with Crippen LogP contribution >= 0.6 is 22.9 Å². The number of amides is 2. The molecule has 2 amide bonds. The van der Waals surface area contributed by atoms with Gasteiger partial charge in [0.1, 0.15) is 6.04 Å². The largest absolute Gasteiger partial charge is 0.301 e. The molecule has 1 aromatic carbocycles. The zero-order valence-electron chi connectivity index (χ0n) is 17.6. The highest BCUT2D eigenvalue weighted by Crippen LogP contribution is 2.30. The van der Waals surface area contributed by atoms with Crippen LogP contribution in [0.1, 0.15) is 39.0 Å². The number of nitrogens with zero attached hydrogens (tertiary/aromatic N) is 3. The van der Waals surface area contributed by atoms with Crippen LogP contribution in [0.15, 0.2) is 18.2 Å². The topological polar surface area (TPSA) is 132 Å². The molecule has 1 aromatic heterocycles. The fourth-order valence-electron chi connectivity index (χ4n) is 3.58. The number of carbonyl (C=O) groups is 2. The standard InChI is InChI=1S/C19H26ClN5O5S2/c1-2-3-4-9-24(12-17(26)23-28)32(29,30)25-10-5-6-15(25)18(27)22-19-21-14-8-7-13(20)11-16(14)31-19/h7-8,11,15,28H,2-6,9-10,12H2,1H3,(H,23,26)(H,21,22,27). The van der Waals surface area contributed by atoms with Crippen LogP contribution in [-0.2, 0) is 19.8 Å². The summed E-state index contributed by atoms with van der Waals surface area (Å²) in [6, 6.07) is 4.28. The maximum atomic E-state index is 13.3. The Balaban J connectivity index is 1.77. The van der Waals surface area contributed by atoms with Crippen molar-refractivity contribution in [3.63, 3.8) is 0 Å². The van der Waals surface area contributed by atoms with E-state index in [4.69, 9.17) is 16.8 Å². The van der Waals surface area contributed by atoms with Crippen LogP contribution in [0, 0.1) is 0 Å². The van der Waals surface area contributed by atoms with Crippen LogP contribution in [0.3, 0.4) is 0 Å². The van der Waals surface area contributed by atoms with E-state index in [1.807, 2.05) is 6.92 Å². The van der Waals surface area contributed by atoms with Crippen molar-refractivity contribution in [1.29, 1.82) is 0 Å². The maximum Gasteiger partial charge on any atom is 0.283 e. The molecular weight excluding hydrogens is 478 g/mol. The van der Waals surface area contributed by atoms with E-state index in [1.165, 1.54) is 16.8 Å². The monoisotopic (exact) mass is 503 g/mol. The number of hydrogen-bond donors (Lipinski definition) is 3. The highest BCUT2D eigenvalue weighted by molar-refractivity contribution is 7.86. The maximum absolute atomic E-state index is 13.3. The second-order valence-electron chi connectivity index (χ2n) is 7.47. The summed E-state index contributed by atoms with van der Waals surface area (Å²) in [7, 11) is -4.10. The van der Waals surface area contributed by atoms with Gasteiger partial charge in [0.05, 0.1) is 16.8 Å². The average molecular weight is 504 g/mol. The lowest BCUT2D eigenvalue weighted by molar-refractivity contribution is -0.129. The molecule has 1 fully saturated rings. The first-order valence-corrected chi connectivity index (χ1v) is 12.9. The van der Waals surface area contributed by atoms with Crippen LogP contribution in [0.25, 0.3) is 10.2 Å². The Hall–Kier alpha value is -1.83. The molecule has 2 heterocycles. The smallest absolute Gasteiger partial charge is 0.283 e. The van der Waals surface area contributed by atoms with Gasteiger partial charge in [-0.25, -0.2) is 10.5 Å². The SMILES string of the molecule is CCCCCN(CC(=O)NO)S(=O)(=O)N1CCCC1C(=O)Nc1nc2ccc(Cl)cc2s1. The molecule has 3 N–H and O–H groups in total. The summed E-state index contributed by atoms with van der Waals surface area (Å²) in [5, 5.41) is 12.5. The molecule has 13 heteroatoms. The van der Waals surface area contributed by atoms with E-state index in [9.17, 15) is 18.0 Å². The van der Waals surface area contributed by atoms with E-state index in [0.717, 1.165) is 26.2 Å². The van der Waals surface area contributed by atoms with Gasteiger partial charge in [0.15, 0.2) is 5.13 Å². The summed E-state index contributed by atoms with van der Waals surface area (Å²) in [6.07, 6.45) is 3.10. The minimum absolute atomic E-state index is 0.118. The van der Waals surface area contributed by atoms with Gasteiger partial charge in [0.2, 0.25) is 5.91 Å². The summed E-state index contributed by atoms with van der Waals surface area (Å²) in [4.78, 5) is 29.0. The van der Waals surface area contributed by atoms with Gasteiger partial charge in [-0.05, 0) is 37.5 Å². The number of benzene rings is 1. The molecule has 2 aromatic rings. The second-order valence-corrected chi connectivity index (χ2v) is 10.8. The van der Waals surface area contributed by atoms with Crippen molar-refractivity contribution in [2.75, 3.05) is 25.0 Å². The zero-order valence-corrected chi connectivity index (χ0v) is 20.0. The Kier molecular flexibility index (Phi) is 8.42. The Morgan fingerprint density at radius 3 is 2.88 bits per heavy atom. The van der Waals surface area contributed by atoms with Gasteiger partial charge in [-0.2, -0.15) is 17.0 Å². The molecule has 0 radical (unpaired) electrons. The lowest BCUT2D eigenvalue weighted by Gasteiger charge is -2.29. The van der Waals surface area contributed by atoms with E-state index in [0.29, 0.717) is 34.9 Å². The first-order chi connectivity index (χ1) is 15.3. The van der Waals surface area contributed by atoms with Crippen molar-refractivity contribution in [3.8, 4) is 0 Å². The van der Waals surface area contributed by atoms with E-state index in [-0.39, 0.29) is 13.1 Å². The van der Waals surface area contributed by atoms with Crippen LogP contribution in [0.2, 0.25) is 5.02 Å². The fraction of sp³-hybridized carbons (Fsp3) is 0.526. The Bertz CT molecular complexity index is 1080. The number of carbonyl (C=O) groups excluding carboxylic acids is 2. The minimum Gasteiger partial charge on any atom is -0.301 e. The Labute approximate surface area is 195 Å². The van der Waals surface area contributed by atoms with Crippen LogP contribution < -0.4 is 10.8 Å². The Morgan fingerprint density at radius 2 is 2.16 bits per heavy atom. The molecule has 1 aliphatic heterocycles. The van der Waals surface area contributed by atoms with E-state index in [2.05, 4.69) is 10.3 Å². The van der Waals surface area contributed by atoms with Crippen molar-refractivity contribution in [3.05, 3.63) is 23.2 Å². The number of rotatable bonds is 10. The molecule has 1 unspecified atom stereocenters. The molecule has 0 aliphatic carbocycles. The quantitative estimate of drug-likeness (QED) is 0.259. The number of aromatic nitrogens is 1. The second kappa shape index (κ2) is 10.9. The highest BCUT2D eigenvalue weighted by Gasteiger charge is 2.42. The van der Waals surface area contributed by atoms with Crippen molar-refractivity contribution in [2.24, 2.45) is 0 Å². The molecule has 0 spiro atoms. The van der Waals surface area contributed by atoms with Crippen molar-refractivity contribution < 1.29 is 23.2 Å². The third-order valence-corrected chi connectivity index (χ3v) is 8.33. The molecule has 0 saturated carbocycles. The number of hydroxylamine groups is 1. The first-order valence-electron chi connectivity index (χ1n) is 10.3. The number of anilines is 1. The molecule has 3 rings (SSSR count). The van der Waals surface area contributed by atoms with Crippen LogP contribution in [0.4, 0.5) is 5.13 Å². The van der Waals surface area contributed by atoms with Gasteiger partial charge in [-0.3, -0.25) is 14.8 Å². The summed E-state index contributed by atoms with van der Waals surface area (Å²) >= 11 is 7.25. The molecule has 176 valence electrons. The summed E-state index contributed by atoms with van der Waals surface area (Å²) < 4.78 is 29.6. The molecule has 1 saturated heterocycles.